The number of benzene rings is 3. The molecule has 1 N–H and O–H groups in total. The number of anilines is 1. The van der Waals surface area contributed by atoms with Crippen LogP contribution in [0.1, 0.15) is 22.7 Å². The lowest BCUT2D eigenvalue weighted by molar-refractivity contribution is -0.132. The van der Waals surface area contributed by atoms with E-state index in [1.807, 2.05) is 19.1 Å². The van der Waals surface area contributed by atoms with Crippen molar-refractivity contribution in [1.82, 2.24) is 0 Å². The number of aliphatic hydroxyl groups excluding tert-OH is 1. The summed E-state index contributed by atoms with van der Waals surface area (Å²) in [6.45, 7) is 1.84. The molecule has 0 aliphatic carbocycles. The molecule has 0 saturated carbocycles. The summed E-state index contributed by atoms with van der Waals surface area (Å²) in [7, 11) is 2.92. The third kappa shape index (κ3) is 3.82. The number of amides is 1. The summed E-state index contributed by atoms with van der Waals surface area (Å²) in [5.41, 5.74) is 1.77. The molecule has 0 spiro atoms. The first kappa shape index (κ1) is 22.1. The minimum atomic E-state index is -0.959. The van der Waals surface area contributed by atoms with Crippen molar-refractivity contribution in [1.29, 1.82) is 0 Å². The Hall–Kier alpha value is -4.13. The van der Waals surface area contributed by atoms with E-state index in [2.05, 4.69) is 0 Å². The summed E-state index contributed by atoms with van der Waals surface area (Å²) in [5, 5.41) is 11.3. The topological polar surface area (TPSA) is 76.1 Å². The molecule has 7 heteroatoms. The van der Waals surface area contributed by atoms with Crippen LogP contribution in [0, 0.1) is 12.7 Å². The standard InChI is InChI=1S/C26H22FNO5/c1-15-7-4-5-10-19(15)23-22(24(29)20-12-11-18(32-2)14-21(20)33-3)25(30)26(31)28(23)17-9-6-8-16(27)13-17/h4-14,23,29H,1-3H3/b24-22+. The number of methoxy groups -OCH3 is 2. The molecule has 1 aliphatic heterocycles. The Labute approximate surface area is 190 Å². The summed E-state index contributed by atoms with van der Waals surface area (Å²) < 4.78 is 24.6. The molecule has 1 amide bonds. The molecular formula is C26H22FNO5. The van der Waals surface area contributed by atoms with Gasteiger partial charge in [-0.2, -0.15) is 0 Å². The number of nitrogens with zero attached hydrogens (tertiary/aromatic N) is 1. The van der Waals surface area contributed by atoms with Gasteiger partial charge in [-0.1, -0.05) is 30.3 Å². The van der Waals surface area contributed by atoms with Crippen molar-refractivity contribution in [2.75, 3.05) is 19.1 Å². The average Bonchev–Trinajstić information content (AvgIpc) is 3.08. The van der Waals surface area contributed by atoms with Gasteiger partial charge in [0.15, 0.2) is 0 Å². The number of aryl methyl sites for hydroxylation is 1. The van der Waals surface area contributed by atoms with E-state index in [1.54, 1.807) is 36.4 Å². The molecule has 1 atom stereocenters. The number of rotatable bonds is 5. The summed E-state index contributed by atoms with van der Waals surface area (Å²) in [6.07, 6.45) is 0. The fraction of sp³-hybridized carbons (Fsp3) is 0.154. The van der Waals surface area contributed by atoms with Gasteiger partial charge in [0, 0.05) is 11.8 Å². The highest BCUT2D eigenvalue weighted by Gasteiger charge is 2.47. The molecule has 1 aliphatic rings. The Kier molecular flexibility index (Phi) is 5.87. The van der Waals surface area contributed by atoms with Gasteiger partial charge in [0.1, 0.15) is 23.1 Å². The van der Waals surface area contributed by atoms with Crippen LogP contribution in [0.3, 0.4) is 0 Å². The number of carbonyl (C=O) groups is 2. The maximum Gasteiger partial charge on any atom is 0.300 e. The van der Waals surface area contributed by atoms with Gasteiger partial charge in [0.25, 0.3) is 11.7 Å². The van der Waals surface area contributed by atoms with E-state index in [0.29, 0.717) is 11.3 Å². The van der Waals surface area contributed by atoms with Gasteiger partial charge in [-0.05, 0) is 48.4 Å². The van der Waals surface area contributed by atoms with Crippen LogP contribution in [0.4, 0.5) is 10.1 Å². The second kappa shape index (κ2) is 8.78. The molecule has 1 unspecified atom stereocenters. The molecule has 1 fully saturated rings. The zero-order valence-corrected chi connectivity index (χ0v) is 18.3. The Balaban J connectivity index is 1.99. The van der Waals surface area contributed by atoms with E-state index >= 15 is 0 Å². The summed E-state index contributed by atoms with van der Waals surface area (Å²) in [4.78, 5) is 27.6. The normalized spacial score (nSPS) is 17.3. The Morgan fingerprint density at radius 2 is 1.73 bits per heavy atom. The molecular weight excluding hydrogens is 425 g/mol. The van der Waals surface area contributed by atoms with Crippen molar-refractivity contribution in [3.8, 4) is 11.5 Å². The third-order valence-corrected chi connectivity index (χ3v) is 5.68. The summed E-state index contributed by atoms with van der Waals surface area (Å²) >= 11 is 0. The monoisotopic (exact) mass is 447 g/mol. The fourth-order valence-corrected chi connectivity index (χ4v) is 4.05. The van der Waals surface area contributed by atoms with Crippen LogP contribution in [-0.2, 0) is 9.59 Å². The number of hydrogen-bond acceptors (Lipinski definition) is 5. The lowest BCUT2D eigenvalue weighted by Gasteiger charge is -2.26. The SMILES string of the molecule is COc1ccc(/C(O)=C2\C(=O)C(=O)N(c3cccc(F)c3)C2c2ccccc2C)c(OC)c1. The zero-order chi connectivity index (χ0) is 23.7. The summed E-state index contributed by atoms with van der Waals surface area (Å²) in [5.74, 6) is -1.90. The molecule has 0 aromatic heterocycles. The molecule has 6 nitrogen and oxygen atoms in total. The maximum atomic E-state index is 14.0. The van der Waals surface area contributed by atoms with Crippen LogP contribution in [-0.4, -0.2) is 31.0 Å². The van der Waals surface area contributed by atoms with Crippen molar-refractivity contribution in [2.24, 2.45) is 0 Å². The van der Waals surface area contributed by atoms with Crippen LogP contribution < -0.4 is 14.4 Å². The molecule has 0 bridgehead atoms. The predicted octanol–water partition coefficient (Wildman–Crippen LogP) is 4.78. The van der Waals surface area contributed by atoms with Crippen molar-refractivity contribution < 1.29 is 28.6 Å². The molecule has 3 aromatic rings. The van der Waals surface area contributed by atoms with E-state index in [9.17, 15) is 19.1 Å². The molecule has 4 rings (SSSR count). The molecule has 168 valence electrons. The van der Waals surface area contributed by atoms with Crippen molar-refractivity contribution >= 4 is 23.1 Å². The fourth-order valence-electron chi connectivity index (χ4n) is 4.05. The van der Waals surface area contributed by atoms with Gasteiger partial charge in [-0.3, -0.25) is 14.5 Å². The highest BCUT2D eigenvalue weighted by molar-refractivity contribution is 6.51. The molecule has 1 saturated heterocycles. The maximum absolute atomic E-state index is 14.0. The van der Waals surface area contributed by atoms with Crippen LogP contribution in [0.25, 0.3) is 5.76 Å². The number of ketones is 1. The van der Waals surface area contributed by atoms with Gasteiger partial charge in [-0.25, -0.2) is 4.39 Å². The summed E-state index contributed by atoms with van der Waals surface area (Å²) in [6, 6.07) is 16.5. The number of hydrogen-bond donors (Lipinski definition) is 1. The minimum Gasteiger partial charge on any atom is -0.507 e. The first-order chi connectivity index (χ1) is 15.9. The second-order valence-electron chi connectivity index (χ2n) is 7.57. The van der Waals surface area contributed by atoms with Crippen LogP contribution in [0.2, 0.25) is 0 Å². The van der Waals surface area contributed by atoms with E-state index in [1.165, 1.54) is 37.3 Å². The first-order valence-electron chi connectivity index (χ1n) is 10.2. The molecule has 3 aromatic carbocycles. The number of carbonyl (C=O) groups excluding carboxylic acids is 2. The minimum absolute atomic E-state index is 0.109. The van der Waals surface area contributed by atoms with Gasteiger partial charge < -0.3 is 14.6 Å². The highest BCUT2D eigenvalue weighted by atomic mass is 19.1. The molecule has 1 heterocycles. The lowest BCUT2D eigenvalue weighted by atomic mass is 9.92. The molecule has 0 radical (unpaired) electrons. The predicted molar refractivity (Wildman–Crippen MR) is 122 cm³/mol. The number of ether oxygens (including phenoxy) is 2. The quantitative estimate of drug-likeness (QED) is 0.346. The van der Waals surface area contributed by atoms with Crippen LogP contribution in [0.5, 0.6) is 11.5 Å². The van der Waals surface area contributed by atoms with E-state index in [0.717, 1.165) is 5.56 Å². The Morgan fingerprint density at radius 1 is 0.970 bits per heavy atom. The smallest absolute Gasteiger partial charge is 0.300 e. The Bertz CT molecular complexity index is 1280. The average molecular weight is 447 g/mol. The third-order valence-electron chi connectivity index (χ3n) is 5.68. The van der Waals surface area contributed by atoms with Gasteiger partial charge >= 0.3 is 0 Å². The van der Waals surface area contributed by atoms with E-state index in [-0.39, 0.29) is 28.3 Å². The van der Waals surface area contributed by atoms with Crippen LogP contribution in [0.15, 0.2) is 72.3 Å². The lowest BCUT2D eigenvalue weighted by Crippen LogP contribution is -2.29. The number of aliphatic hydroxyl groups is 1. The Morgan fingerprint density at radius 3 is 2.39 bits per heavy atom. The van der Waals surface area contributed by atoms with E-state index in [4.69, 9.17) is 9.47 Å². The van der Waals surface area contributed by atoms with E-state index < -0.39 is 23.5 Å². The zero-order valence-electron chi connectivity index (χ0n) is 18.3. The number of Topliss-reactive ketones (excluding diaryl/α,β-unsaturated/α-hetero) is 1. The van der Waals surface area contributed by atoms with Crippen molar-refractivity contribution in [3.05, 3.63) is 94.8 Å². The van der Waals surface area contributed by atoms with Crippen LogP contribution >= 0.6 is 0 Å². The first-order valence-corrected chi connectivity index (χ1v) is 10.2. The van der Waals surface area contributed by atoms with Gasteiger partial charge in [0.05, 0.1) is 31.4 Å². The van der Waals surface area contributed by atoms with Crippen molar-refractivity contribution in [2.45, 2.75) is 13.0 Å². The number of halogens is 1. The molecule has 33 heavy (non-hydrogen) atoms. The van der Waals surface area contributed by atoms with Crippen molar-refractivity contribution in [3.63, 3.8) is 0 Å². The highest BCUT2D eigenvalue weighted by Crippen LogP contribution is 2.44. The second-order valence-corrected chi connectivity index (χ2v) is 7.57. The van der Waals surface area contributed by atoms with Gasteiger partial charge in [0.2, 0.25) is 0 Å². The van der Waals surface area contributed by atoms with Gasteiger partial charge in [-0.15, -0.1) is 0 Å². The largest absolute Gasteiger partial charge is 0.507 e.